The number of aliphatic hydroxyl groups excluding tert-OH is 1. The van der Waals surface area contributed by atoms with Crippen LogP contribution in [0.3, 0.4) is 0 Å². The van der Waals surface area contributed by atoms with E-state index in [0.717, 1.165) is 54.6 Å². The van der Waals surface area contributed by atoms with E-state index in [-0.39, 0.29) is 6.10 Å². The van der Waals surface area contributed by atoms with Gasteiger partial charge in [-0.15, -0.1) is 0 Å². The van der Waals surface area contributed by atoms with Gasteiger partial charge in [0, 0.05) is 67.5 Å². The van der Waals surface area contributed by atoms with Gasteiger partial charge >= 0.3 is 0 Å². The molecular weight excluding hydrogens is 510 g/mol. The van der Waals surface area contributed by atoms with E-state index in [1.54, 1.807) is 30.6 Å². The van der Waals surface area contributed by atoms with Crippen LogP contribution in [-0.2, 0) is 42.3 Å². The molecule has 1 fully saturated rings. The number of pyridine rings is 1. The SMILES string of the molecule is Cc1cc(SN2CCn3ncc(S(C)=O)c3C2)c(C)n1C.O=CNCc1cccnc1N1CCC(O)C1. The van der Waals surface area contributed by atoms with E-state index in [1.807, 2.05) is 21.7 Å². The molecule has 10 nitrogen and oxygen atoms in total. The summed E-state index contributed by atoms with van der Waals surface area (Å²) in [6.45, 7) is 8.76. The summed E-state index contributed by atoms with van der Waals surface area (Å²) in [6, 6.07) is 6.01. The highest BCUT2D eigenvalue weighted by Crippen LogP contribution is 2.32. The highest BCUT2D eigenvalue weighted by molar-refractivity contribution is 7.97. The Balaban J connectivity index is 0.000000180. The first-order chi connectivity index (χ1) is 17.8. The van der Waals surface area contributed by atoms with Crippen LogP contribution in [0.2, 0.25) is 0 Å². The molecule has 2 N–H and O–H groups in total. The number of anilines is 1. The molecule has 0 saturated carbocycles. The monoisotopic (exact) mass is 545 g/mol. The number of aromatic nitrogens is 4. The number of amides is 1. The van der Waals surface area contributed by atoms with Crippen molar-refractivity contribution < 1.29 is 14.1 Å². The van der Waals surface area contributed by atoms with Crippen molar-refractivity contribution in [3.63, 3.8) is 0 Å². The first-order valence-electron chi connectivity index (χ1n) is 12.3. The second-order valence-corrected chi connectivity index (χ2v) is 11.7. The average molecular weight is 546 g/mol. The standard InChI is InChI=1S/C14H20N4OS2.C11H15N3O2/c1-10-7-13(11(2)16(10)3)20-17-5-6-18-12(9-17)14(8-15-18)21(4)19;15-8-12-6-9-2-1-4-13-11(9)14-5-3-10(16)7-14/h7-8H,5-6,9H2,1-4H3;1-2,4,8,10,16H,3,5-7H2,(H,12,15). The van der Waals surface area contributed by atoms with Gasteiger partial charge in [-0.2, -0.15) is 5.10 Å². The Labute approximate surface area is 224 Å². The summed E-state index contributed by atoms with van der Waals surface area (Å²) in [7, 11) is 1.12. The minimum absolute atomic E-state index is 0.270. The van der Waals surface area contributed by atoms with Crippen LogP contribution in [0.1, 0.15) is 29.1 Å². The van der Waals surface area contributed by atoms with Crippen LogP contribution in [0.25, 0.3) is 0 Å². The van der Waals surface area contributed by atoms with Crippen molar-refractivity contribution in [2.45, 2.75) is 55.8 Å². The van der Waals surface area contributed by atoms with Gasteiger partial charge in [0.15, 0.2) is 0 Å². The van der Waals surface area contributed by atoms with E-state index in [0.29, 0.717) is 19.5 Å². The summed E-state index contributed by atoms with van der Waals surface area (Å²) >= 11 is 1.79. The maximum absolute atomic E-state index is 11.8. The normalized spacial score (nSPS) is 18.2. The molecule has 3 aromatic heterocycles. The molecule has 1 saturated heterocycles. The van der Waals surface area contributed by atoms with E-state index in [2.05, 4.69) is 51.2 Å². The number of carbonyl (C=O) groups excluding carboxylic acids is 1. The van der Waals surface area contributed by atoms with Gasteiger partial charge < -0.3 is 19.9 Å². The van der Waals surface area contributed by atoms with Crippen molar-refractivity contribution in [2.75, 3.05) is 30.8 Å². The third kappa shape index (κ3) is 6.43. The molecule has 0 spiro atoms. The predicted octanol–water partition coefficient (Wildman–Crippen LogP) is 2.00. The third-order valence-electron chi connectivity index (χ3n) is 6.77. The molecular formula is C25H35N7O3S2. The van der Waals surface area contributed by atoms with E-state index < -0.39 is 10.8 Å². The maximum atomic E-state index is 11.8. The number of aliphatic hydroxyl groups is 1. The van der Waals surface area contributed by atoms with Gasteiger partial charge in [-0.25, -0.2) is 9.29 Å². The molecule has 0 aliphatic carbocycles. The van der Waals surface area contributed by atoms with Crippen LogP contribution >= 0.6 is 11.9 Å². The van der Waals surface area contributed by atoms with Gasteiger partial charge in [-0.3, -0.25) is 13.7 Å². The molecule has 12 heteroatoms. The zero-order valence-corrected chi connectivity index (χ0v) is 23.4. The number of nitrogens with zero attached hydrogens (tertiary/aromatic N) is 6. The fourth-order valence-electron chi connectivity index (χ4n) is 4.51. The summed E-state index contributed by atoms with van der Waals surface area (Å²) in [4.78, 5) is 18.8. The number of rotatable bonds is 7. The van der Waals surface area contributed by atoms with Crippen LogP contribution in [-0.4, -0.2) is 71.4 Å². The van der Waals surface area contributed by atoms with E-state index >= 15 is 0 Å². The van der Waals surface area contributed by atoms with Crippen molar-refractivity contribution in [2.24, 2.45) is 7.05 Å². The quantitative estimate of drug-likeness (QED) is 0.343. The number of hydrogen-bond donors (Lipinski definition) is 2. The summed E-state index contributed by atoms with van der Waals surface area (Å²) in [5.74, 6) is 0.855. The molecule has 0 bridgehead atoms. The zero-order valence-electron chi connectivity index (χ0n) is 21.8. The first kappa shape index (κ1) is 27.4. The summed E-state index contributed by atoms with van der Waals surface area (Å²) in [6.07, 6.45) is 6.37. The topological polar surface area (TPSA) is 109 Å². The number of nitrogens with one attached hydrogen (secondary N) is 1. The lowest BCUT2D eigenvalue weighted by Gasteiger charge is -2.26. The van der Waals surface area contributed by atoms with Gasteiger partial charge in [0.1, 0.15) is 5.82 Å². The number of fused-ring (bicyclic) bond motifs is 1. The lowest BCUT2D eigenvalue weighted by molar-refractivity contribution is -0.109. The third-order valence-corrected chi connectivity index (χ3v) is 8.91. The highest BCUT2D eigenvalue weighted by atomic mass is 32.2. The summed E-state index contributed by atoms with van der Waals surface area (Å²) in [5.41, 5.74) is 4.62. The van der Waals surface area contributed by atoms with E-state index in [4.69, 9.17) is 0 Å². The molecule has 200 valence electrons. The van der Waals surface area contributed by atoms with Crippen molar-refractivity contribution in [1.82, 2.24) is 29.0 Å². The molecule has 2 aliphatic heterocycles. The van der Waals surface area contributed by atoms with Crippen molar-refractivity contribution >= 4 is 35.0 Å². The van der Waals surface area contributed by atoms with Crippen LogP contribution < -0.4 is 10.2 Å². The Morgan fingerprint density at radius 1 is 1.30 bits per heavy atom. The molecule has 5 rings (SSSR count). The second kappa shape index (κ2) is 12.2. The Morgan fingerprint density at radius 2 is 2.11 bits per heavy atom. The zero-order chi connectivity index (χ0) is 26.5. The molecule has 2 aliphatic rings. The molecule has 5 heterocycles. The largest absolute Gasteiger partial charge is 0.391 e. The number of aryl methyl sites for hydroxylation is 1. The fraction of sp³-hybridized carbons (Fsp3) is 0.480. The lowest BCUT2D eigenvalue weighted by Crippen LogP contribution is -2.29. The predicted molar refractivity (Wildman–Crippen MR) is 146 cm³/mol. The van der Waals surface area contributed by atoms with Gasteiger partial charge in [-0.1, -0.05) is 6.07 Å². The minimum atomic E-state index is -0.976. The second-order valence-electron chi connectivity index (χ2n) is 9.26. The van der Waals surface area contributed by atoms with Crippen LogP contribution in [0.4, 0.5) is 5.82 Å². The van der Waals surface area contributed by atoms with Crippen LogP contribution in [0.15, 0.2) is 40.4 Å². The van der Waals surface area contributed by atoms with Gasteiger partial charge in [0.25, 0.3) is 0 Å². The minimum Gasteiger partial charge on any atom is -0.391 e. The molecule has 3 aromatic rings. The molecule has 1 amide bonds. The first-order valence-corrected chi connectivity index (χ1v) is 14.6. The van der Waals surface area contributed by atoms with Crippen molar-refractivity contribution in [3.8, 4) is 0 Å². The molecule has 2 unspecified atom stereocenters. The lowest BCUT2D eigenvalue weighted by atomic mass is 10.2. The smallest absolute Gasteiger partial charge is 0.207 e. The van der Waals surface area contributed by atoms with Crippen LogP contribution in [0, 0.1) is 13.8 Å². The van der Waals surface area contributed by atoms with E-state index in [1.165, 1.54) is 16.3 Å². The van der Waals surface area contributed by atoms with E-state index in [9.17, 15) is 14.1 Å². The highest BCUT2D eigenvalue weighted by Gasteiger charge is 2.24. The number of carbonyl (C=O) groups is 1. The van der Waals surface area contributed by atoms with Gasteiger partial charge in [-0.05, 0) is 44.3 Å². The Hall–Kier alpha value is -2.67. The molecule has 0 aromatic carbocycles. The average Bonchev–Trinajstić information content (AvgIpc) is 3.58. The summed E-state index contributed by atoms with van der Waals surface area (Å²) in [5, 5.41) is 16.5. The number of β-amino-alcohol motifs (C(OH)–C–C–N with tert-alkyl or cyclic N) is 1. The Bertz CT molecular complexity index is 1260. The van der Waals surface area contributed by atoms with Gasteiger partial charge in [0.05, 0.1) is 46.8 Å². The van der Waals surface area contributed by atoms with Crippen LogP contribution in [0.5, 0.6) is 0 Å². The van der Waals surface area contributed by atoms with Crippen molar-refractivity contribution in [1.29, 1.82) is 0 Å². The molecule has 0 radical (unpaired) electrons. The maximum Gasteiger partial charge on any atom is 0.207 e. The van der Waals surface area contributed by atoms with Gasteiger partial charge in [0.2, 0.25) is 6.41 Å². The summed E-state index contributed by atoms with van der Waals surface area (Å²) < 4.78 is 18.3. The Morgan fingerprint density at radius 3 is 2.76 bits per heavy atom. The van der Waals surface area contributed by atoms with Crippen molar-refractivity contribution in [3.05, 3.63) is 53.2 Å². The Kier molecular flexibility index (Phi) is 9.06. The molecule has 37 heavy (non-hydrogen) atoms. The fourth-order valence-corrected chi connectivity index (χ4v) is 6.33. The molecule has 2 atom stereocenters. The number of hydrogen-bond acceptors (Lipinski definition) is 8.